The lowest BCUT2D eigenvalue weighted by Crippen LogP contribution is -2.11. The molecule has 22 heavy (non-hydrogen) atoms. The summed E-state index contributed by atoms with van der Waals surface area (Å²) in [5, 5.41) is 13.6. The standard InChI is InChI=1S/C16H14N6/c17-8-12-15(10-5-6-22-14(7-10)19-9-20-22)11-3-1-2-4-13(11)21-16(12)18/h5-7,9H,1-4H2,(H2,18,21). The lowest BCUT2D eigenvalue weighted by Gasteiger charge is -2.21. The highest BCUT2D eigenvalue weighted by molar-refractivity contribution is 5.80. The number of nitrogens with zero attached hydrogens (tertiary/aromatic N) is 5. The van der Waals surface area contributed by atoms with Crippen LogP contribution in [0.5, 0.6) is 0 Å². The Kier molecular flexibility index (Phi) is 2.79. The van der Waals surface area contributed by atoms with Crippen molar-refractivity contribution in [1.82, 2.24) is 19.6 Å². The van der Waals surface area contributed by atoms with Crippen molar-refractivity contribution < 1.29 is 0 Å². The van der Waals surface area contributed by atoms with Crippen LogP contribution in [0.2, 0.25) is 0 Å². The maximum atomic E-state index is 9.53. The fraction of sp³-hybridized carbons (Fsp3) is 0.250. The van der Waals surface area contributed by atoms with Gasteiger partial charge in [-0.1, -0.05) is 0 Å². The molecule has 108 valence electrons. The number of pyridine rings is 2. The molecule has 6 heteroatoms. The second kappa shape index (κ2) is 4.81. The Hall–Kier alpha value is -2.94. The minimum Gasteiger partial charge on any atom is -0.383 e. The first-order valence-corrected chi connectivity index (χ1v) is 7.29. The summed E-state index contributed by atoms with van der Waals surface area (Å²) < 4.78 is 1.70. The summed E-state index contributed by atoms with van der Waals surface area (Å²) in [6, 6.07) is 6.12. The van der Waals surface area contributed by atoms with Crippen molar-refractivity contribution >= 4 is 11.5 Å². The van der Waals surface area contributed by atoms with Crippen molar-refractivity contribution in [2.24, 2.45) is 0 Å². The van der Waals surface area contributed by atoms with Crippen LogP contribution in [0, 0.1) is 11.3 Å². The highest BCUT2D eigenvalue weighted by Gasteiger charge is 2.22. The van der Waals surface area contributed by atoms with E-state index in [1.54, 1.807) is 4.52 Å². The molecule has 0 saturated carbocycles. The van der Waals surface area contributed by atoms with Crippen molar-refractivity contribution in [3.63, 3.8) is 0 Å². The second-order valence-corrected chi connectivity index (χ2v) is 5.47. The molecule has 3 heterocycles. The number of hydrogen-bond donors (Lipinski definition) is 1. The maximum absolute atomic E-state index is 9.53. The third-order valence-corrected chi connectivity index (χ3v) is 4.18. The summed E-state index contributed by atoms with van der Waals surface area (Å²) in [6.07, 6.45) is 7.46. The van der Waals surface area contributed by atoms with E-state index in [4.69, 9.17) is 5.73 Å². The summed E-state index contributed by atoms with van der Waals surface area (Å²) >= 11 is 0. The lowest BCUT2D eigenvalue weighted by atomic mass is 9.87. The number of aromatic nitrogens is 4. The smallest absolute Gasteiger partial charge is 0.155 e. The molecule has 4 rings (SSSR count). The Labute approximate surface area is 127 Å². The Balaban J connectivity index is 2.03. The van der Waals surface area contributed by atoms with E-state index in [0.29, 0.717) is 11.4 Å². The first-order chi connectivity index (χ1) is 10.8. The van der Waals surface area contributed by atoms with Gasteiger partial charge in [0.2, 0.25) is 0 Å². The van der Waals surface area contributed by atoms with Crippen LogP contribution < -0.4 is 5.73 Å². The first-order valence-electron chi connectivity index (χ1n) is 7.29. The lowest BCUT2D eigenvalue weighted by molar-refractivity contribution is 0.670. The van der Waals surface area contributed by atoms with Gasteiger partial charge in [0, 0.05) is 17.5 Å². The summed E-state index contributed by atoms with van der Waals surface area (Å²) in [4.78, 5) is 8.66. The minimum atomic E-state index is 0.319. The molecule has 0 radical (unpaired) electrons. The van der Waals surface area contributed by atoms with Gasteiger partial charge in [-0.3, -0.25) is 0 Å². The quantitative estimate of drug-likeness (QED) is 0.741. The van der Waals surface area contributed by atoms with Gasteiger partial charge in [0.1, 0.15) is 23.8 Å². The number of anilines is 1. The van der Waals surface area contributed by atoms with Gasteiger partial charge in [-0.2, -0.15) is 10.4 Å². The van der Waals surface area contributed by atoms with E-state index >= 15 is 0 Å². The molecule has 0 aromatic carbocycles. The van der Waals surface area contributed by atoms with Gasteiger partial charge < -0.3 is 5.73 Å². The molecule has 0 spiro atoms. The summed E-state index contributed by atoms with van der Waals surface area (Å²) in [7, 11) is 0. The van der Waals surface area contributed by atoms with Crippen LogP contribution in [0.15, 0.2) is 24.7 Å². The van der Waals surface area contributed by atoms with Crippen molar-refractivity contribution in [1.29, 1.82) is 5.26 Å². The Morgan fingerprint density at radius 1 is 1.27 bits per heavy atom. The zero-order chi connectivity index (χ0) is 15.1. The SMILES string of the molecule is N#Cc1c(N)nc2c(c1-c1ccn3ncnc3c1)CCCC2. The first kappa shape index (κ1) is 12.8. The molecule has 0 atom stereocenters. The zero-order valence-electron chi connectivity index (χ0n) is 12.0. The summed E-state index contributed by atoms with van der Waals surface area (Å²) in [6.45, 7) is 0. The molecule has 3 aromatic rings. The van der Waals surface area contributed by atoms with Gasteiger partial charge in [-0.05, 0) is 48.9 Å². The summed E-state index contributed by atoms with van der Waals surface area (Å²) in [5.74, 6) is 0.319. The fourth-order valence-corrected chi connectivity index (χ4v) is 3.16. The highest BCUT2D eigenvalue weighted by atomic mass is 15.3. The van der Waals surface area contributed by atoms with Crippen LogP contribution in [-0.4, -0.2) is 19.6 Å². The van der Waals surface area contributed by atoms with Crippen molar-refractivity contribution in [3.05, 3.63) is 41.5 Å². The molecule has 2 N–H and O–H groups in total. The minimum absolute atomic E-state index is 0.319. The molecule has 6 nitrogen and oxygen atoms in total. The average molecular weight is 290 g/mol. The van der Waals surface area contributed by atoms with Gasteiger partial charge in [0.15, 0.2) is 5.65 Å². The van der Waals surface area contributed by atoms with Gasteiger partial charge >= 0.3 is 0 Å². The van der Waals surface area contributed by atoms with E-state index < -0.39 is 0 Å². The van der Waals surface area contributed by atoms with E-state index in [1.165, 1.54) is 6.33 Å². The third-order valence-electron chi connectivity index (χ3n) is 4.18. The van der Waals surface area contributed by atoms with E-state index in [2.05, 4.69) is 21.1 Å². The molecule has 1 aliphatic carbocycles. The van der Waals surface area contributed by atoms with Crippen LogP contribution in [-0.2, 0) is 12.8 Å². The average Bonchev–Trinajstić information content (AvgIpc) is 3.01. The number of aryl methyl sites for hydroxylation is 1. The van der Waals surface area contributed by atoms with E-state index in [9.17, 15) is 5.26 Å². The van der Waals surface area contributed by atoms with Crippen LogP contribution in [0.25, 0.3) is 16.8 Å². The summed E-state index contributed by atoms with van der Waals surface area (Å²) in [5.41, 5.74) is 11.3. The molecular weight excluding hydrogens is 276 g/mol. The van der Waals surface area contributed by atoms with Gasteiger partial charge in [0.25, 0.3) is 0 Å². The molecule has 0 amide bonds. The van der Waals surface area contributed by atoms with Gasteiger partial charge in [-0.25, -0.2) is 14.5 Å². The number of nitrogens with two attached hydrogens (primary N) is 1. The molecule has 0 fully saturated rings. The van der Waals surface area contributed by atoms with Gasteiger partial charge in [-0.15, -0.1) is 0 Å². The van der Waals surface area contributed by atoms with E-state index in [1.807, 2.05) is 18.3 Å². The van der Waals surface area contributed by atoms with Crippen LogP contribution in [0.1, 0.15) is 29.7 Å². The Morgan fingerprint density at radius 2 is 2.14 bits per heavy atom. The van der Waals surface area contributed by atoms with Crippen LogP contribution >= 0.6 is 0 Å². The van der Waals surface area contributed by atoms with Crippen LogP contribution in [0.4, 0.5) is 5.82 Å². The van der Waals surface area contributed by atoms with Crippen molar-refractivity contribution in [2.75, 3.05) is 5.73 Å². The largest absolute Gasteiger partial charge is 0.383 e. The Bertz CT molecular complexity index is 918. The second-order valence-electron chi connectivity index (χ2n) is 5.47. The van der Waals surface area contributed by atoms with Crippen molar-refractivity contribution in [2.45, 2.75) is 25.7 Å². The molecular formula is C16H14N6. The highest BCUT2D eigenvalue weighted by Crippen LogP contribution is 2.35. The van der Waals surface area contributed by atoms with Crippen molar-refractivity contribution in [3.8, 4) is 17.2 Å². The molecule has 0 bridgehead atoms. The van der Waals surface area contributed by atoms with E-state index in [-0.39, 0.29) is 0 Å². The molecule has 0 saturated heterocycles. The maximum Gasteiger partial charge on any atom is 0.155 e. The number of fused-ring (bicyclic) bond motifs is 2. The Morgan fingerprint density at radius 3 is 3.00 bits per heavy atom. The third kappa shape index (κ3) is 1.83. The fourth-order valence-electron chi connectivity index (χ4n) is 3.16. The number of nitrogen functional groups attached to an aromatic ring is 1. The number of rotatable bonds is 1. The molecule has 0 aliphatic heterocycles. The molecule has 0 unspecified atom stereocenters. The molecule has 1 aliphatic rings. The van der Waals surface area contributed by atoms with E-state index in [0.717, 1.165) is 53.7 Å². The number of hydrogen-bond acceptors (Lipinski definition) is 5. The normalized spacial score (nSPS) is 13.8. The predicted octanol–water partition coefficient (Wildman–Crippen LogP) is 2.12. The van der Waals surface area contributed by atoms with Crippen LogP contribution in [0.3, 0.4) is 0 Å². The van der Waals surface area contributed by atoms with Gasteiger partial charge in [0.05, 0.1) is 0 Å². The number of nitriles is 1. The predicted molar refractivity (Wildman–Crippen MR) is 82.0 cm³/mol. The zero-order valence-corrected chi connectivity index (χ0v) is 12.0. The topological polar surface area (TPSA) is 92.9 Å². The monoisotopic (exact) mass is 290 g/mol. The molecule has 3 aromatic heterocycles.